The number of benzene rings is 1. The zero-order valence-electron chi connectivity index (χ0n) is 17.6. The Kier molecular flexibility index (Phi) is 6.56. The zero-order chi connectivity index (χ0) is 23.6. The molecule has 0 aliphatic carbocycles. The third-order valence-electron chi connectivity index (χ3n) is 4.82. The predicted molar refractivity (Wildman–Crippen MR) is 107 cm³/mol. The number of aromatic nitrogens is 3. The molecule has 7 nitrogen and oxygen atoms in total. The Balaban J connectivity index is 2.12. The van der Waals surface area contributed by atoms with Crippen LogP contribution in [0.3, 0.4) is 0 Å². The number of carbonyl (C=O) groups excluding carboxylic acids is 1. The van der Waals surface area contributed by atoms with Gasteiger partial charge in [0, 0.05) is 13.6 Å². The van der Waals surface area contributed by atoms with E-state index in [2.05, 4.69) is 4.98 Å². The summed E-state index contributed by atoms with van der Waals surface area (Å²) in [5.74, 6) is -1.55. The minimum atomic E-state index is -4.69. The Morgan fingerprint density at radius 2 is 1.84 bits per heavy atom. The zero-order valence-corrected chi connectivity index (χ0v) is 17.6. The SMILES string of the molecule is CCOC(=O)c1c(OCC(F)(F)F)c2c(=O)n(CCc3ccc(F)cc3)c(C)nc2n1C. The molecular formula is C21H21F4N3O4. The van der Waals surface area contributed by atoms with Gasteiger partial charge in [-0.3, -0.25) is 9.36 Å². The van der Waals surface area contributed by atoms with Gasteiger partial charge in [0.1, 0.15) is 17.0 Å². The van der Waals surface area contributed by atoms with Crippen molar-refractivity contribution >= 4 is 17.0 Å². The van der Waals surface area contributed by atoms with Crippen molar-refractivity contribution in [2.75, 3.05) is 13.2 Å². The highest BCUT2D eigenvalue weighted by atomic mass is 19.4. The number of hydrogen-bond donors (Lipinski definition) is 0. The van der Waals surface area contributed by atoms with Gasteiger partial charge in [0.25, 0.3) is 5.56 Å². The van der Waals surface area contributed by atoms with Crippen LogP contribution >= 0.6 is 0 Å². The van der Waals surface area contributed by atoms with Gasteiger partial charge in [0.2, 0.25) is 0 Å². The maximum atomic E-state index is 13.3. The summed E-state index contributed by atoms with van der Waals surface area (Å²) in [7, 11) is 1.39. The first-order chi connectivity index (χ1) is 15.0. The third-order valence-corrected chi connectivity index (χ3v) is 4.82. The van der Waals surface area contributed by atoms with Crippen molar-refractivity contribution in [1.82, 2.24) is 14.1 Å². The van der Waals surface area contributed by atoms with Crippen LogP contribution < -0.4 is 10.3 Å². The Morgan fingerprint density at radius 3 is 2.44 bits per heavy atom. The normalized spacial score (nSPS) is 11.7. The molecule has 0 aliphatic rings. The van der Waals surface area contributed by atoms with E-state index in [4.69, 9.17) is 9.47 Å². The van der Waals surface area contributed by atoms with E-state index in [9.17, 15) is 27.2 Å². The first-order valence-corrected chi connectivity index (χ1v) is 9.74. The maximum Gasteiger partial charge on any atom is 0.422 e. The molecule has 0 spiro atoms. The Labute approximate surface area is 180 Å². The molecule has 0 unspecified atom stereocenters. The fraction of sp³-hybridized carbons (Fsp3) is 0.381. The number of fused-ring (bicyclic) bond motifs is 1. The molecule has 3 rings (SSSR count). The summed E-state index contributed by atoms with van der Waals surface area (Å²) in [5, 5.41) is -0.246. The molecule has 172 valence electrons. The lowest BCUT2D eigenvalue weighted by Crippen LogP contribution is -2.26. The largest absolute Gasteiger partial charge is 0.481 e. The molecule has 0 atom stereocenters. The van der Waals surface area contributed by atoms with Gasteiger partial charge < -0.3 is 14.0 Å². The number of ether oxygens (including phenoxy) is 2. The molecule has 0 bridgehead atoms. The first-order valence-electron chi connectivity index (χ1n) is 9.74. The Hall–Kier alpha value is -3.37. The summed E-state index contributed by atoms with van der Waals surface area (Å²) < 4.78 is 63.9. The molecule has 0 saturated heterocycles. The molecule has 0 N–H and O–H groups in total. The molecule has 0 amide bonds. The van der Waals surface area contributed by atoms with Crippen molar-refractivity contribution in [3.05, 3.63) is 57.5 Å². The van der Waals surface area contributed by atoms with E-state index < -0.39 is 35.9 Å². The maximum absolute atomic E-state index is 13.3. The average molecular weight is 455 g/mol. The fourth-order valence-electron chi connectivity index (χ4n) is 3.34. The van der Waals surface area contributed by atoms with Crippen LogP contribution in [0.1, 0.15) is 28.8 Å². The van der Waals surface area contributed by atoms with E-state index in [-0.39, 0.29) is 29.9 Å². The van der Waals surface area contributed by atoms with Crippen molar-refractivity contribution in [3.63, 3.8) is 0 Å². The Bertz CT molecular complexity index is 1200. The van der Waals surface area contributed by atoms with E-state index in [0.717, 1.165) is 5.56 Å². The second-order valence-corrected chi connectivity index (χ2v) is 7.05. The van der Waals surface area contributed by atoms with Crippen molar-refractivity contribution in [1.29, 1.82) is 0 Å². The Morgan fingerprint density at radius 1 is 1.19 bits per heavy atom. The van der Waals surface area contributed by atoms with Crippen LogP contribution in [0.5, 0.6) is 5.75 Å². The lowest BCUT2D eigenvalue weighted by Gasteiger charge is -2.12. The van der Waals surface area contributed by atoms with Gasteiger partial charge in [-0.2, -0.15) is 13.2 Å². The molecule has 2 heterocycles. The molecule has 2 aromatic heterocycles. The number of carbonyl (C=O) groups is 1. The van der Waals surface area contributed by atoms with Crippen molar-refractivity contribution in [3.8, 4) is 5.75 Å². The summed E-state index contributed by atoms with van der Waals surface area (Å²) in [5.41, 5.74) is -0.221. The van der Waals surface area contributed by atoms with Gasteiger partial charge in [0.05, 0.1) is 6.61 Å². The van der Waals surface area contributed by atoms with Gasteiger partial charge in [-0.05, 0) is 38.0 Å². The van der Waals surface area contributed by atoms with Gasteiger partial charge >= 0.3 is 12.1 Å². The van der Waals surface area contributed by atoms with Crippen LogP contribution in [0, 0.1) is 12.7 Å². The summed E-state index contributed by atoms with van der Waals surface area (Å²) in [4.78, 5) is 30.0. The van der Waals surface area contributed by atoms with Crippen LogP contribution in [-0.4, -0.2) is 39.5 Å². The molecule has 11 heteroatoms. The van der Waals surface area contributed by atoms with Crippen molar-refractivity contribution in [2.24, 2.45) is 7.05 Å². The third kappa shape index (κ3) is 4.76. The van der Waals surface area contributed by atoms with E-state index in [1.807, 2.05) is 0 Å². The highest BCUT2D eigenvalue weighted by Gasteiger charge is 2.33. The molecule has 0 fully saturated rings. The van der Waals surface area contributed by atoms with Crippen LogP contribution in [0.4, 0.5) is 17.6 Å². The topological polar surface area (TPSA) is 75.3 Å². The standard InChI is InChI=1S/C21H21F4N3O4/c1-4-31-20(30)16-17(32-11-21(23,24)25)15-18(27(16)3)26-12(2)28(19(15)29)10-9-13-5-7-14(22)8-6-13/h5-8H,4,9-11H2,1-3H3. The van der Waals surface area contributed by atoms with Gasteiger partial charge in [-0.15, -0.1) is 0 Å². The van der Waals surface area contributed by atoms with Crippen molar-refractivity contribution < 1.29 is 31.8 Å². The molecule has 32 heavy (non-hydrogen) atoms. The fourth-order valence-corrected chi connectivity index (χ4v) is 3.34. The van der Waals surface area contributed by atoms with E-state index in [1.165, 1.54) is 28.3 Å². The summed E-state index contributed by atoms with van der Waals surface area (Å²) in [6, 6.07) is 5.72. The number of halogens is 4. The number of hydrogen-bond acceptors (Lipinski definition) is 5. The second kappa shape index (κ2) is 9.01. The summed E-state index contributed by atoms with van der Waals surface area (Å²) in [6.07, 6.45) is -4.33. The summed E-state index contributed by atoms with van der Waals surface area (Å²) in [6.45, 7) is 1.54. The smallest absolute Gasteiger partial charge is 0.422 e. The molecule has 0 aliphatic heterocycles. The number of aryl methyl sites for hydroxylation is 3. The van der Waals surface area contributed by atoms with Crippen LogP contribution in [0.2, 0.25) is 0 Å². The second-order valence-electron chi connectivity index (χ2n) is 7.05. The molecule has 0 radical (unpaired) electrons. The number of alkyl halides is 3. The first kappa shape index (κ1) is 23.3. The number of nitrogens with zero attached hydrogens (tertiary/aromatic N) is 3. The van der Waals surface area contributed by atoms with E-state index >= 15 is 0 Å². The van der Waals surface area contributed by atoms with Gasteiger partial charge in [0.15, 0.2) is 23.7 Å². The quantitative estimate of drug-likeness (QED) is 0.403. The lowest BCUT2D eigenvalue weighted by molar-refractivity contribution is -0.153. The predicted octanol–water partition coefficient (Wildman–Crippen LogP) is 3.54. The van der Waals surface area contributed by atoms with E-state index in [1.54, 1.807) is 26.0 Å². The highest BCUT2D eigenvalue weighted by molar-refractivity contribution is 6.00. The minimum absolute atomic E-state index is 0.00533. The van der Waals surface area contributed by atoms with Crippen molar-refractivity contribution in [2.45, 2.75) is 33.0 Å². The van der Waals surface area contributed by atoms with Gasteiger partial charge in [-0.25, -0.2) is 14.2 Å². The minimum Gasteiger partial charge on any atom is -0.481 e. The molecule has 1 aromatic carbocycles. The van der Waals surface area contributed by atoms with Gasteiger partial charge in [-0.1, -0.05) is 12.1 Å². The molecule has 3 aromatic rings. The lowest BCUT2D eigenvalue weighted by atomic mass is 10.1. The van der Waals surface area contributed by atoms with Crippen LogP contribution in [0.15, 0.2) is 29.1 Å². The summed E-state index contributed by atoms with van der Waals surface area (Å²) >= 11 is 0. The highest BCUT2D eigenvalue weighted by Crippen LogP contribution is 2.32. The van der Waals surface area contributed by atoms with Crippen LogP contribution in [0.25, 0.3) is 11.0 Å². The monoisotopic (exact) mass is 455 g/mol. The molecular weight excluding hydrogens is 434 g/mol. The van der Waals surface area contributed by atoms with E-state index in [0.29, 0.717) is 12.2 Å². The average Bonchev–Trinajstić information content (AvgIpc) is 2.99. The molecule has 0 saturated carbocycles. The number of rotatable bonds is 7. The number of esters is 1. The van der Waals surface area contributed by atoms with Crippen LogP contribution in [-0.2, 0) is 24.8 Å².